The topological polar surface area (TPSA) is 84.2 Å². The van der Waals surface area contributed by atoms with E-state index in [1.807, 2.05) is 42.5 Å². The largest absolute Gasteiger partial charge is 0.344 e. The fraction of sp³-hybridized carbons (Fsp3) is 0.300. The van der Waals surface area contributed by atoms with Gasteiger partial charge in [0.05, 0.1) is 0 Å². The van der Waals surface area contributed by atoms with Gasteiger partial charge < -0.3 is 16.4 Å². The van der Waals surface area contributed by atoms with Crippen molar-refractivity contribution in [2.45, 2.75) is 39.3 Å². The van der Waals surface area contributed by atoms with Crippen LogP contribution in [0.15, 0.2) is 48.5 Å². The molecule has 0 fully saturated rings. The zero-order valence-electron chi connectivity index (χ0n) is 14.9. The summed E-state index contributed by atoms with van der Waals surface area (Å²) in [6, 6.07) is 15.1. The number of carbonyl (C=O) groups is 2. The molecule has 0 bridgehead atoms. The molecule has 2 aromatic rings. The van der Waals surface area contributed by atoms with Crippen molar-refractivity contribution in [2.75, 3.05) is 5.32 Å². The smallest absolute Gasteiger partial charge is 0.313 e. The van der Waals surface area contributed by atoms with Crippen molar-refractivity contribution in [1.29, 1.82) is 0 Å². The summed E-state index contributed by atoms with van der Waals surface area (Å²) in [5, 5.41) is 5.34. The minimum atomic E-state index is -0.674. The molecule has 0 saturated carbocycles. The van der Waals surface area contributed by atoms with Crippen LogP contribution < -0.4 is 16.4 Å². The minimum absolute atomic E-state index is 0.136. The molecule has 25 heavy (non-hydrogen) atoms. The van der Waals surface area contributed by atoms with E-state index in [2.05, 4.69) is 31.4 Å². The van der Waals surface area contributed by atoms with E-state index in [9.17, 15) is 9.59 Å². The lowest BCUT2D eigenvalue weighted by Gasteiger charge is -2.22. The Morgan fingerprint density at radius 2 is 1.64 bits per heavy atom. The molecule has 4 N–H and O–H groups in total. The van der Waals surface area contributed by atoms with Crippen LogP contribution in [0.2, 0.25) is 0 Å². The highest BCUT2D eigenvalue weighted by molar-refractivity contribution is 6.39. The van der Waals surface area contributed by atoms with Crippen LogP contribution in [0, 0.1) is 0 Å². The molecule has 5 heteroatoms. The lowest BCUT2D eigenvalue weighted by Crippen LogP contribution is -2.35. The number of para-hydroxylation sites is 1. The maximum Gasteiger partial charge on any atom is 0.313 e. The number of nitrogens with two attached hydrogens (primary N) is 1. The van der Waals surface area contributed by atoms with E-state index in [-0.39, 0.29) is 12.0 Å². The van der Waals surface area contributed by atoms with Crippen molar-refractivity contribution in [1.82, 2.24) is 5.32 Å². The van der Waals surface area contributed by atoms with E-state index >= 15 is 0 Å². The van der Waals surface area contributed by atoms with E-state index in [1.54, 1.807) is 6.07 Å². The highest BCUT2D eigenvalue weighted by Gasteiger charge is 2.20. The molecule has 132 valence electrons. The zero-order chi connectivity index (χ0) is 18.4. The summed E-state index contributed by atoms with van der Waals surface area (Å²) in [6.45, 7) is 6.89. The van der Waals surface area contributed by atoms with Crippen molar-refractivity contribution in [2.24, 2.45) is 5.73 Å². The van der Waals surface area contributed by atoms with Gasteiger partial charge in [0, 0.05) is 18.8 Å². The number of hydrogen-bond acceptors (Lipinski definition) is 3. The lowest BCUT2D eigenvalue weighted by molar-refractivity contribution is -0.136. The van der Waals surface area contributed by atoms with Crippen molar-refractivity contribution >= 4 is 17.5 Å². The summed E-state index contributed by atoms with van der Waals surface area (Å²) in [5.41, 5.74) is 8.99. The molecule has 0 aromatic heterocycles. The van der Waals surface area contributed by atoms with Crippen LogP contribution in [0.25, 0.3) is 0 Å². The van der Waals surface area contributed by atoms with E-state index in [1.165, 1.54) is 0 Å². The van der Waals surface area contributed by atoms with Gasteiger partial charge in [0.1, 0.15) is 0 Å². The van der Waals surface area contributed by atoms with E-state index in [0.717, 1.165) is 16.7 Å². The minimum Gasteiger partial charge on any atom is -0.344 e. The Hall–Kier alpha value is -2.66. The summed E-state index contributed by atoms with van der Waals surface area (Å²) in [5.74, 6) is -1.34. The third kappa shape index (κ3) is 5.16. The van der Waals surface area contributed by atoms with Gasteiger partial charge in [0.25, 0.3) is 0 Å². The third-order valence-corrected chi connectivity index (χ3v) is 3.87. The highest BCUT2D eigenvalue weighted by Crippen LogP contribution is 2.29. The first kappa shape index (κ1) is 18.7. The predicted octanol–water partition coefficient (Wildman–Crippen LogP) is 2.70. The summed E-state index contributed by atoms with van der Waals surface area (Å²) in [7, 11) is 0. The van der Waals surface area contributed by atoms with Crippen LogP contribution in [0.1, 0.15) is 37.5 Å². The number of carbonyl (C=O) groups excluding carboxylic acids is 2. The second-order valence-corrected chi connectivity index (χ2v) is 6.96. The van der Waals surface area contributed by atoms with Gasteiger partial charge in [-0.25, -0.2) is 0 Å². The average Bonchev–Trinajstić information content (AvgIpc) is 2.59. The third-order valence-electron chi connectivity index (χ3n) is 3.87. The molecule has 0 heterocycles. The van der Waals surface area contributed by atoms with Gasteiger partial charge in [0.2, 0.25) is 0 Å². The molecule has 0 saturated heterocycles. The van der Waals surface area contributed by atoms with Crippen molar-refractivity contribution < 1.29 is 9.59 Å². The molecule has 0 aliphatic heterocycles. The summed E-state index contributed by atoms with van der Waals surface area (Å²) in [4.78, 5) is 24.3. The Kier molecular flexibility index (Phi) is 5.93. The van der Waals surface area contributed by atoms with Crippen LogP contribution in [0.4, 0.5) is 5.69 Å². The van der Waals surface area contributed by atoms with E-state index in [4.69, 9.17) is 5.73 Å². The Bertz CT molecular complexity index is 764. The fourth-order valence-electron chi connectivity index (χ4n) is 2.55. The van der Waals surface area contributed by atoms with Crippen molar-refractivity contribution in [3.8, 4) is 0 Å². The maximum absolute atomic E-state index is 12.2. The molecular formula is C20H25N3O2. The van der Waals surface area contributed by atoms with Gasteiger partial charge >= 0.3 is 11.8 Å². The molecule has 2 aromatic carbocycles. The molecular weight excluding hydrogens is 314 g/mol. The highest BCUT2D eigenvalue weighted by atomic mass is 16.2. The quantitative estimate of drug-likeness (QED) is 0.749. The van der Waals surface area contributed by atoms with Gasteiger partial charge in [-0.3, -0.25) is 9.59 Å². The van der Waals surface area contributed by atoms with E-state index in [0.29, 0.717) is 12.2 Å². The molecule has 0 radical (unpaired) electrons. The van der Waals surface area contributed by atoms with Crippen LogP contribution in [-0.2, 0) is 28.1 Å². The van der Waals surface area contributed by atoms with Crippen LogP contribution >= 0.6 is 0 Å². The number of amides is 2. The fourth-order valence-corrected chi connectivity index (χ4v) is 2.55. The van der Waals surface area contributed by atoms with Gasteiger partial charge in [-0.1, -0.05) is 63.2 Å². The number of anilines is 1. The standard InChI is InChI=1S/C20H25N3O2/c1-20(2,3)16-9-4-5-10-17(16)23-19(25)18(24)22-13-15-8-6-7-14(11-15)12-21/h4-11H,12-13,21H2,1-3H3,(H,22,24)(H,23,25). The number of rotatable bonds is 4. The van der Waals surface area contributed by atoms with Gasteiger partial charge in [-0.05, 0) is 28.2 Å². The SMILES string of the molecule is CC(C)(C)c1ccccc1NC(=O)C(=O)NCc1cccc(CN)c1. The van der Waals surface area contributed by atoms with Gasteiger partial charge in [0.15, 0.2) is 0 Å². The van der Waals surface area contributed by atoms with Crippen LogP contribution in [-0.4, -0.2) is 11.8 Å². The van der Waals surface area contributed by atoms with Crippen molar-refractivity contribution in [3.05, 3.63) is 65.2 Å². The molecule has 2 rings (SSSR count). The average molecular weight is 339 g/mol. The number of benzene rings is 2. The molecule has 0 aliphatic rings. The Morgan fingerprint density at radius 1 is 0.960 bits per heavy atom. The molecule has 0 spiro atoms. The monoisotopic (exact) mass is 339 g/mol. The van der Waals surface area contributed by atoms with Crippen molar-refractivity contribution in [3.63, 3.8) is 0 Å². The second-order valence-electron chi connectivity index (χ2n) is 6.96. The first-order valence-electron chi connectivity index (χ1n) is 8.28. The summed E-state index contributed by atoms with van der Waals surface area (Å²) >= 11 is 0. The normalized spacial score (nSPS) is 11.0. The Labute approximate surface area is 148 Å². The summed E-state index contributed by atoms with van der Waals surface area (Å²) < 4.78 is 0. The van der Waals surface area contributed by atoms with E-state index < -0.39 is 11.8 Å². The lowest BCUT2D eigenvalue weighted by atomic mass is 9.86. The number of nitrogens with one attached hydrogen (secondary N) is 2. The predicted molar refractivity (Wildman–Crippen MR) is 100.0 cm³/mol. The van der Waals surface area contributed by atoms with Crippen LogP contribution in [0.3, 0.4) is 0 Å². The van der Waals surface area contributed by atoms with Gasteiger partial charge in [-0.15, -0.1) is 0 Å². The first-order valence-corrected chi connectivity index (χ1v) is 8.28. The second kappa shape index (κ2) is 7.94. The van der Waals surface area contributed by atoms with Crippen LogP contribution in [0.5, 0.6) is 0 Å². The first-order chi connectivity index (χ1) is 11.8. The molecule has 0 unspecified atom stereocenters. The molecule has 2 amide bonds. The molecule has 0 atom stereocenters. The zero-order valence-corrected chi connectivity index (χ0v) is 14.9. The van der Waals surface area contributed by atoms with Gasteiger partial charge in [-0.2, -0.15) is 0 Å². The number of hydrogen-bond donors (Lipinski definition) is 3. The summed E-state index contributed by atoms with van der Waals surface area (Å²) in [6.07, 6.45) is 0. The Balaban J connectivity index is 2.00. The Morgan fingerprint density at radius 3 is 2.32 bits per heavy atom. The molecule has 5 nitrogen and oxygen atoms in total. The molecule has 0 aliphatic carbocycles. The maximum atomic E-state index is 12.2.